The zero-order chi connectivity index (χ0) is 9.26. The second-order valence-electron chi connectivity index (χ2n) is 3.54. The molecule has 1 aromatic rings. The van der Waals surface area contributed by atoms with E-state index < -0.39 is 0 Å². The Morgan fingerprint density at radius 2 is 2.23 bits per heavy atom. The quantitative estimate of drug-likeness (QED) is 0.696. The van der Waals surface area contributed by atoms with Gasteiger partial charge in [0.2, 0.25) is 0 Å². The molecule has 68 valence electrons. The summed E-state index contributed by atoms with van der Waals surface area (Å²) >= 11 is 0. The average Bonchev–Trinajstić information content (AvgIpc) is 2.51. The molecule has 0 amide bonds. The number of hydrogen-bond donors (Lipinski definition) is 1. The topological polar surface area (TPSA) is 27.1 Å². The third-order valence-corrected chi connectivity index (χ3v) is 2.43. The van der Waals surface area contributed by atoms with Gasteiger partial charge in [-0.25, -0.2) is 0 Å². The van der Waals surface area contributed by atoms with Crippen molar-refractivity contribution < 1.29 is 0 Å². The van der Waals surface area contributed by atoms with Gasteiger partial charge in [-0.1, -0.05) is 12.1 Å². The maximum Gasteiger partial charge on any atom is 0.100 e. The summed E-state index contributed by atoms with van der Waals surface area (Å²) in [6, 6.07) is 8.35. The number of aryl methyl sites for hydroxylation is 1. The van der Waals surface area contributed by atoms with E-state index in [0.717, 1.165) is 25.2 Å². The molecule has 0 bridgehead atoms. The van der Waals surface area contributed by atoms with E-state index in [2.05, 4.69) is 36.1 Å². The predicted octanol–water partition coefficient (Wildman–Crippen LogP) is 2.57. The summed E-state index contributed by atoms with van der Waals surface area (Å²) in [6.07, 6.45) is 2.04. The van der Waals surface area contributed by atoms with E-state index in [1.165, 1.54) is 11.3 Å². The van der Waals surface area contributed by atoms with Crippen molar-refractivity contribution in [2.75, 3.05) is 11.4 Å². The molecule has 0 aromatic heterocycles. The molecule has 0 saturated carbocycles. The fourth-order valence-electron chi connectivity index (χ4n) is 1.76. The lowest BCUT2D eigenvalue weighted by Gasteiger charge is -2.17. The van der Waals surface area contributed by atoms with Crippen LogP contribution in [0.4, 0.5) is 5.69 Å². The molecular formula is C11H14N2. The lowest BCUT2D eigenvalue weighted by molar-refractivity contribution is 0.956. The lowest BCUT2D eigenvalue weighted by atomic mass is 10.2. The first-order chi connectivity index (χ1) is 6.27. The van der Waals surface area contributed by atoms with Crippen LogP contribution in [-0.2, 0) is 0 Å². The predicted molar refractivity (Wildman–Crippen MR) is 55.5 cm³/mol. The van der Waals surface area contributed by atoms with Crippen LogP contribution in [0.15, 0.2) is 24.3 Å². The summed E-state index contributed by atoms with van der Waals surface area (Å²) in [4.78, 5) is 2.09. The zero-order valence-electron chi connectivity index (χ0n) is 7.88. The molecule has 1 aliphatic rings. The smallest absolute Gasteiger partial charge is 0.100 e. The highest BCUT2D eigenvalue weighted by Gasteiger charge is 2.17. The minimum atomic E-state index is 0.755. The molecule has 1 N–H and O–H groups in total. The summed E-state index contributed by atoms with van der Waals surface area (Å²) in [7, 11) is 0. The fraction of sp³-hybridized carbons (Fsp3) is 0.364. The summed E-state index contributed by atoms with van der Waals surface area (Å²) in [5, 5.41) is 7.74. The van der Waals surface area contributed by atoms with Crippen molar-refractivity contribution in [1.82, 2.24) is 0 Å². The highest BCUT2D eigenvalue weighted by atomic mass is 15.2. The van der Waals surface area contributed by atoms with Crippen LogP contribution in [0.5, 0.6) is 0 Å². The highest BCUT2D eigenvalue weighted by molar-refractivity contribution is 5.97. The molecule has 1 aliphatic heterocycles. The van der Waals surface area contributed by atoms with Gasteiger partial charge in [0.25, 0.3) is 0 Å². The van der Waals surface area contributed by atoms with Gasteiger partial charge in [0, 0.05) is 18.7 Å². The molecule has 0 atom stereocenters. The molecule has 1 saturated heterocycles. The number of nitrogens with one attached hydrogen (secondary N) is 1. The van der Waals surface area contributed by atoms with Gasteiger partial charge in [0.05, 0.1) is 0 Å². The van der Waals surface area contributed by atoms with Crippen molar-refractivity contribution >= 4 is 11.5 Å². The van der Waals surface area contributed by atoms with Crippen LogP contribution >= 0.6 is 0 Å². The van der Waals surface area contributed by atoms with Crippen molar-refractivity contribution in [3.63, 3.8) is 0 Å². The first kappa shape index (κ1) is 8.30. The van der Waals surface area contributed by atoms with Crippen molar-refractivity contribution in [3.05, 3.63) is 29.8 Å². The molecule has 2 heteroatoms. The third kappa shape index (κ3) is 1.57. The van der Waals surface area contributed by atoms with E-state index in [-0.39, 0.29) is 0 Å². The number of benzene rings is 1. The van der Waals surface area contributed by atoms with Gasteiger partial charge in [-0.3, -0.25) is 5.41 Å². The van der Waals surface area contributed by atoms with Gasteiger partial charge in [0.15, 0.2) is 0 Å². The molecule has 0 unspecified atom stereocenters. The number of rotatable bonds is 1. The zero-order valence-corrected chi connectivity index (χ0v) is 7.88. The van der Waals surface area contributed by atoms with Crippen molar-refractivity contribution in [1.29, 1.82) is 5.41 Å². The maximum atomic E-state index is 7.74. The van der Waals surface area contributed by atoms with E-state index in [1.54, 1.807) is 0 Å². The largest absolute Gasteiger partial charge is 0.330 e. The van der Waals surface area contributed by atoms with Crippen molar-refractivity contribution in [2.45, 2.75) is 19.8 Å². The molecule has 1 heterocycles. The van der Waals surface area contributed by atoms with Crippen LogP contribution in [0.3, 0.4) is 0 Å². The molecule has 1 aromatic carbocycles. The summed E-state index contributed by atoms with van der Waals surface area (Å²) in [5.41, 5.74) is 2.43. The second-order valence-corrected chi connectivity index (χ2v) is 3.54. The van der Waals surface area contributed by atoms with Gasteiger partial charge < -0.3 is 4.90 Å². The van der Waals surface area contributed by atoms with Gasteiger partial charge in [-0.05, 0) is 31.0 Å². The molecule has 0 spiro atoms. The van der Waals surface area contributed by atoms with E-state index in [9.17, 15) is 0 Å². The maximum absolute atomic E-state index is 7.74. The molecule has 1 fully saturated rings. The van der Waals surface area contributed by atoms with Gasteiger partial charge in [-0.15, -0.1) is 0 Å². The highest BCUT2D eigenvalue weighted by Crippen LogP contribution is 2.21. The van der Waals surface area contributed by atoms with Crippen molar-refractivity contribution in [2.24, 2.45) is 0 Å². The van der Waals surface area contributed by atoms with Crippen LogP contribution in [0.1, 0.15) is 18.4 Å². The van der Waals surface area contributed by atoms with Gasteiger partial charge >= 0.3 is 0 Å². The summed E-state index contributed by atoms with van der Waals surface area (Å²) in [6.45, 7) is 3.09. The van der Waals surface area contributed by atoms with E-state index in [0.29, 0.717) is 0 Å². The third-order valence-electron chi connectivity index (χ3n) is 2.43. The molecule has 0 radical (unpaired) electrons. The van der Waals surface area contributed by atoms with Gasteiger partial charge in [0.1, 0.15) is 5.84 Å². The number of anilines is 1. The average molecular weight is 174 g/mol. The minimum absolute atomic E-state index is 0.755. The van der Waals surface area contributed by atoms with E-state index in [4.69, 9.17) is 5.41 Å². The molecular weight excluding hydrogens is 160 g/mol. The van der Waals surface area contributed by atoms with Crippen LogP contribution in [0.25, 0.3) is 0 Å². The molecule has 2 rings (SSSR count). The first-order valence-corrected chi connectivity index (χ1v) is 4.69. The monoisotopic (exact) mass is 174 g/mol. The first-order valence-electron chi connectivity index (χ1n) is 4.69. The SMILES string of the molecule is Cc1cccc(N2CCCC2=N)c1. The minimum Gasteiger partial charge on any atom is -0.330 e. The summed E-state index contributed by atoms with van der Waals surface area (Å²) < 4.78 is 0. The number of hydrogen-bond acceptors (Lipinski definition) is 1. The van der Waals surface area contributed by atoms with Crippen LogP contribution in [-0.4, -0.2) is 12.4 Å². The van der Waals surface area contributed by atoms with Gasteiger partial charge in [-0.2, -0.15) is 0 Å². The molecule has 13 heavy (non-hydrogen) atoms. The Labute approximate surface area is 78.7 Å². The number of amidine groups is 1. The van der Waals surface area contributed by atoms with E-state index >= 15 is 0 Å². The lowest BCUT2D eigenvalue weighted by Crippen LogP contribution is -2.22. The van der Waals surface area contributed by atoms with Crippen LogP contribution in [0.2, 0.25) is 0 Å². The Morgan fingerprint density at radius 3 is 2.85 bits per heavy atom. The Hall–Kier alpha value is -1.31. The number of nitrogens with zero attached hydrogens (tertiary/aromatic N) is 1. The Bertz CT molecular complexity index is 331. The Morgan fingerprint density at radius 1 is 1.38 bits per heavy atom. The molecule has 0 aliphatic carbocycles. The molecule has 2 nitrogen and oxygen atoms in total. The van der Waals surface area contributed by atoms with Crippen LogP contribution in [0, 0.1) is 12.3 Å². The summed E-state index contributed by atoms with van der Waals surface area (Å²) in [5.74, 6) is 0.755. The standard InChI is InChI=1S/C11H14N2/c1-9-4-2-5-10(8-9)13-7-3-6-11(13)12/h2,4-5,8,12H,3,6-7H2,1H3. The Kier molecular flexibility index (Phi) is 2.05. The van der Waals surface area contributed by atoms with Crippen LogP contribution < -0.4 is 4.90 Å². The van der Waals surface area contributed by atoms with Crippen molar-refractivity contribution in [3.8, 4) is 0 Å². The fourth-order valence-corrected chi connectivity index (χ4v) is 1.76. The Balaban J connectivity index is 2.29. The normalized spacial score (nSPS) is 16.7. The van der Waals surface area contributed by atoms with E-state index in [1.807, 2.05) is 0 Å². The second kappa shape index (κ2) is 3.21.